The molecule has 0 saturated heterocycles. The first-order chi connectivity index (χ1) is 7.99. The van der Waals surface area contributed by atoms with Crippen molar-refractivity contribution < 1.29 is 8.42 Å². The van der Waals surface area contributed by atoms with E-state index in [-0.39, 0.29) is 17.0 Å². The fraction of sp³-hybridized carbons (Fsp3) is 0.455. The molecule has 0 radical (unpaired) electrons. The standard InChI is InChI=1S/C11H15BrN2O2S/c12-8-4-6-9(7-5-8)17(15,16)14-11-3-1-2-10(11)13/h4-7,10-11,14H,1-3,13H2. The number of rotatable bonds is 3. The maximum atomic E-state index is 12.1. The zero-order chi connectivity index (χ0) is 12.5. The summed E-state index contributed by atoms with van der Waals surface area (Å²) in [5.74, 6) is 0. The van der Waals surface area contributed by atoms with Crippen molar-refractivity contribution in [3.05, 3.63) is 28.7 Å². The normalized spacial score (nSPS) is 25.1. The van der Waals surface area contributed by atoms with Gasteiger partial charge in [-0.15, -0.1) is 0 Å². The van der Waals surface area contributed by atoms with Crippen LogP contribution in [0.3, 0.4) is 0 Å². The lowest BCUT2D eigenvalue weighted by Crippen LogP contribution is -2.43. The highest BCUT2D eigenvalue weighted by molar-refractivity contribution is 9.10. The van der Waals surface area contributed by atoms with Crippen LogP contribution in [0.25, 0.3) is 0 Å². The van der Waals surface area contributed by atoms with E-state index in [2.05, 4.69) is 20.7 Å². The molecular weight excluding hydrogens is 304 g/mol. The third-order valence-corrected chi connectivity index (χ3v) is 5.03. The fourth-order valence-corrected chi connectivity index (χ4v) is 3.60. The molecule has 0 spiro atoms. The molecule has 0 bridgehead atoms. The molecule has 1 saturated carbocycles. The monoisotopic (exact) mass is 318 g/mol. The summed E-state index contributed by atoms with van der Waals surface area (Å²) in [5.41, 5.74) is 5.85. The van der Waals surface area contributed by atoms with E-state index in [1.807, 2.05) is 0 Å². The third kappa shape index (κ3) is 3.07. The maximum Gasteiger partial charge on any atom is 0.240 e. The van der Waals surface area contributed by atoms with Gasteiger partial charge in [-0.1, -0.05) is 22.4 Å². The lowest BCUT2D eigenvalue weighted by molar-refractivity contribution is 0.522. The topological polar surface area (TPSA) is 72.2 Å². The highest BCUT2D eigenvalue weighted by Gasteiger charge is 2.28. The molecule has 3 N–H and O–H groups in total. The first-order valence-corrected chi connectivity index (χ1v) is 7.80. The minimum atomic E-state index is -3.44. The van der Waals surface area contributed by atoms with Crippen LogP contribution in [-0.4, -0.2) is 20.5 Å². The molecule has 1 aromatic carbocycles. The predicted molar refractivity (Wildman–Crippen MR) is 70.1 cm³/mol. The molecule has 0 heterocycles. The molecule has 1 fully saturated rings. The molecule has 2 unspecified atom stereocenters. The van der Waals surface area contributed by atoms with Crippen LogP contribution < -0.4 is 10.5 Å². The van der Waals surface area contributed by atoms with Crippen molar-refractivity contribution in [1.82, 2.24) is 4.72 Å². The van der Waals surface area contributed by atoms with Crippen LogP contribution >= 0.6 is 15.9 Å². The van der Waals surface area contributed by atoms with Crippen LogP contribution in [0.2, 0.25) is 0 Å². The Balaban J connectivity index is 2.16. The van der Waals surface area contributed by atoms with Gasteiger partial charge in [0.25, 0.3) is 0 Å². The molecule has 1 aromatic rings. The van der Waals surface area contributed by atoms with Gasteiger partial charge in [0, 0.05) is 16.6 Å². The van der Waals surface area contributed by atoms with Crippen molar-refractivity contribution in [1.29, 1.82) is 0 Å². The average molecular weight is 319 g/mol. The Morgan fingerprint density at radius 1 is 1.24 bits per heavy atom. The van der Waals surface area contributed by atoms with E-state index in [9.17, 15) is 8.42 Å². The van der Waals surface area contributed by atoms with Crippen molar-refractivity contribution in [2.24, 2.45) is 5.73 Å². The predicted octanol–water partition coefficient (Wildman–Crippen LogP) is 1.61. The number of nitrogens with two attached hydrogens (primary N) is 1. The number of hydrogen-bond donors (Lipinski definition) is 2. The Hall–Kier alpha value is -0.430. The summed E-state index contributed by atoms with van der Waals surface area (Å²) in [4.78, 5) is 0.278. The summed E-state index contributed by atoms with van der Waals surface area (Å²) < 4.78 is 27.7. The Morgan fingerprint density at radius 3 is 2.41 bits per heavy atom. The Labute approximate surface area is 110 Å². The van der Waals surface area contributed by atoms with E-state index in [0.29, 0.717) is 0 Å². The summed E-state index contributed by atoms with van der Waals surface area (Å²) >= 11 is 3.27. The zero-order valence-corrected chi connectivity index (χ0v) is 11.7. The summed E-state index contributed by atoms with van der Waals surface area (Å²) in [6.07, 6.45) is 2.68. The molecule has 2 atom stereocenters. The highest BCUT2D eigenvalue weighted by atomic mass is 79.9. The smallest absolute Gasteiger partial charge is 0.240 e. The first kappa shape index (κ1) is 13.0. The molecular formula is C11H15BrN2O2S. The van der Waals surface area contributed by atoms with Crippen molar-refractivity contribution in [3.63, 3.8) is 0 Å². The lowest BCUT2D eigenvalue weighted by Gasteiger charge is -2.17. The molecule has 94 valence electrons. The van der Waals surface area contributed by atoms with Crippen molar-refractivity contribution in [2.45, 2.75) is 36.2 Å². The number of benzene rings is 1. The number of halogens is 1. The van der Waals surface area contributed by atoms with Gasteiger partial charge in [-0.05, 0) is 37.1 Å². The van der Waals surface area contributed by atoms with Gasteiger partial charge in [-0.2, -0.15) is 0 Å². The second kappa shape index (κ2) is 5.06. The van der Waals surface area contributed by atoms with Crippen LogP contribution in [0.15, 0.2) is 33.6 Å². The maximum absolute atomic E-state index is 12.1. The molecule has 0 aliphatic heterocycles. The Kier molecular flexibility index (Phi) is 3.87. The largest absolute Gasteiger partial charge is 0.326 e. The van der Waals surface area contributed by atoms with Crippen molar-refractivity contribution >= 4 is 26.0 Å². The Morgan fingerprint density at radius 2 is 1.88 bits per heavy atom. The van der Waals surface area contributed by atoms with Gasteiger partial charge in [0.2, 0.25) is 10.0 Å². The molecule has 6 heteroatoms. The van der Waals surface area contributed by atoms with E-state index in [1.165, 1.54) is 0 Å². The summed E-state index contributed by atoms with van der Waals surface area (Å²) in [6.45, 7) is 0. The quantitative estimate of drug-likeness (QED) is 0.889. The van der Waals surface area contributed by atoms with Gasteiger partial charge in [-0.3, -0.25) is 0 Å². The van der Waals surface area contributed by atoms with Gasteiger partial charge in [0.1, 0.15) is 0 Å². The van der Waals surface area contributed by atoms with Crippen molar-refractivity contribution in [3.8, 4) is 0 Å². The number of sulfonamides is 1. The van der Waals surface area contributed by atoms with E-state index in [4.69, 9.17) is 5.73 Å². The van der Waals surface area contributed by atoms with Crippen LogP contribution in [-0.2, 0) is 10.0 Å². The second-order valence-corrected chi connectivity index (χ2v) is 6.91. The second-order valence-electron chi connectivity index (χ2n) is 4.28. The van der Waals surface area contributed by atoms with Gasteiger partial charge in [-0.25, -0.2) is 13.1 Å². The first-order valence-electron chi connectivity index (χ1n) is 5.52. The van der Waals surface area contributed by atoms with E-state index in [0.717, 1.165) is 23.7 Å². The van der Waals surface area contributed by atoms with E-state index >= 15 is 0 Å². The van der Waals surface area contributed by atoms with Crippen LogP contribution in [0, 0.1) is 0 Å². The van der Waals surface area contributed by atoms with E-state index < -0.39 is 10.0 Å². The SMILES string of the molecule is NC1CCCC1NS(=O)(=O)c1ccc(Br)cc1. The van der Waals surface area contributed by atoms with Gasteiger partial charge in [0.05, 0.1) is 4.90 Å². The summed E-state index contributed by atoms with van der Waals surface area (Å²) in [6, 6.07) is 6.37. The minimum Gasteiger partial charge on any atom is -0.326 e. The Bertz CT molecular complexity index is 487. The zero-order valence-electron chi connectivity index (χ0n) is 9.27. The number of hydrogen-bond acceptors (Lipinski definition) is 3. The van der Waals surface area contributed by atoms with Crippen LogP contribution in [0.1, 0.15) is 19.3 Å². The van der Waals surface area contributed by atoms with Crippen molar-refractivity contribution in [2.75, 3.05) is 0 Å². The van der Waals surface area contributed by atoms with Crippen LogP contribution in [0.4, 0.5) is 0 Å². The van der Waals surface area contributed by atoms with Gasteiger partial charge < -0.3 is 5.73 Å². The molecule has 2 rings (SSSR count). The third-order valence-electron chi connectivity index (χ3n) is 3.00. The average Bonchev–Trinajstić information content (AvgIpc) is 2.64. The molecule has 1 aliphatic rings. The molecule has 17 heavy (non-hydrogen) atoms. The molecule has 4 nitrogen and oxygen atoms in total. The van der Waals surface area contributed by atoms with Crippen LogP contribution in [0.5, 0.6) is 0 Å². The van der Waals surface area contributed by atoms with Gasteiger partial charge in [0.15, 0.2) is 0 Å². The summed E-state index contributed by atoms with van der Waals surface area (Å²) in [7, 11) is -3.44. The molecule has 0 amide bonds. The molecule has 1 aliphatic carbocycles. The summed E-state index contributed by atoms with van der Waals surface area (Å²) in [5, 5.41) is 0. The van der Waals surface area contributed by atoms with E-state index in [1.54, 1.807) is 24.3 Å². The number of nitrogens with one attached hydrogen (secondary N) is 1. The molecule has 0 aromatic heterocycles. The lowest BCUT2D eigenvalue weighted by atomic mass is 10.2. The highest BCUT2D eigenvalue weighted by Crippen LogP contribution is 2.20. The van der Waals surface area contributed by atoms with Gasteiger partial charge >= 0.3 is 0 Å². The minimum absolute atomic E-state index is 0.0692. The fourth-order valence-electron chi connectivity index (χ4n) is 2.02.